The Hall–Kier alpha value is -3.12. The van der Waals surface area contributed by atoms with E-state index < -0.39 is 0 Å². The number of hydrogen-bond acceptors (Lipinski definition) is 4. The Balaban J connectivity index is 1.40. The van der Waals surface area contributed by atoms with Crippen molar-refractivity contribution in [1.29, 1.82) is 0 Å². The van der Waals surface area contributed by atoms with Crippen LogP contribution in [0, 0.1) is 0 Å². The summed E-state index contributed by atoms with van der Waals surface area (Å²) < 4.78 is 7.04. The quantitative estimate of drug-likeness (QED) is 0.703. The minimum absolute atomic E-state index is 0.221. The Labute approximate surface area is 171 Å². The molecule has 1 aliphatic rings. The van der Waals surface area contributed by atoms with Crippen molar-refractivity contribution in [3.8, 4) is 11.4 Å². The number of nitrogens with one attached hydrogen (secondary N) is 1. The molecular formula is C23H26N4O2. The molecule has 0 spiro atoms. The summed E-state index contributed by atoms with van der Waals surface area (Å²) in [7, 11) is 1.55. The molecule has 2 aromatic carbocycles. The van der Waals surface area contributed by atoms with Crippen LogP contribution in [0.25, 0.3) is 5.69 Å². The molecule has 1 aromatic heterocycles. The number of carbonyl (C=O) groups is 1. The fraction of sp³-hybridized carbons (Fsp3) is 0.304. The Morgan fingerprint density at radius 3 is 2.62 bits per heavy atom. The Bertz CT molecular complexity index is 984. The van der Waals surface area contributed by atoms with E-state index in [1.807, 2.05) is 30.3 Å². The van der Waals surface area contributed by atoms with E-state index in [1.165, 1.54) is 11.1 Å². The number of benzene rings is 2. The molecule has 1 aliphatic heterocycles. The number of aromatic nitrogens is 2. The van der Waals surface area contributed by atoms with Crippen molar-refractivity contribution in [2.24, 2.45) is 0 Å². The average Bonchev–Trinajstić information content (AvgIpc) is 3.22. The van der Waals surface area contributed by atoms with Crippen LogP contribution in [-0.2, 0) is 13.0 Å². The van der Waals surface area contributed by atoms with Crippen LogP contribution in [0.3, 0.4) is 0 Å². The van der Waals surface area contributed by atoms with Crippen molar-refractivity contribution in [2.75, 3.05) is 20.2 Å². The molecule has 1 amide bonds. The van der Waals surface area contributed by atoms with Crippen LogP contribution in [-0.4, -0.2) is 46.8 Å². The van der Waals surface area contributed by atoms with Crippen LogP contribution in [0.5, 0.6) is 5.75 Å². The molecule has 150 valence electrons. The lowest BCUT2D eigenvalue weighted by molar-refractivity contribution is 0.0924. The molecule has 0 aliphatic carbocycles. The van der Waals surface area contributed by atoms with Gasteiger partial charge < -0.3 is 10.1 Å². The van der Waals surface area contributed by atoms with E-state index in [2.05, 4.69) is 46.5 Å². The van der Waals surface area contributed by atoms with Gasteiger partial charge in [-0.15, -0.1) is 0 Å². The topological polar surface area (TPSA) is 59.4 Å². The molecule has 1 unspecified atom stereocenters. The maximum atomic E-state index is 12.8. The van der Waals surface area contributed by atoms with Gasteiger partial charge in [0.15, 0.2) is 11.4 Å². The molecule has 6 heteroatoms. The van der Waals surface area contributed by atoms with E-state index in [4.69, 9.17) is 4.74 Å². The Kier molecular flexibility index (Phi) is 5.62. The van der Waals surface area contributed by atoms with Crippen molar-refractivity contribution in [3.63, 3.8) is 0 Å². The highest BCUT2D eigenvalue weighted by Gasteiger charge is 2.23. The van der Waals surface area contributed by atoms with Crippen molar-refractivity contribution in [2.45, 2.75) is 25.9 Å². The lowest BCUT2D eigenvalue weighted by Gasteiger charge is -2.33. The minimum Gasteiger partial charge on any atom is -0.493 e. The first-order valence-electron chi connectivity index (χ1n) is 9.94. The average molecular weight is 390 g/mol. The van der Waals surface area contributed by atoms with E-state index in [0.29, 0.717) is 18.0 Å². The third kappa shape index (κ3) is 4.17. The first-order chi connectivity index (χ1) is 14.2. The van der Waals surface area contributed by atoms with Crippen LogP contribution in [0.4, 0.5) is 0 Å². The number of hydrogen-bond donors (Lipinski definition) is 1. The summed E-state index contributed by atoms with van der Waals surface area (Å²) in [5, 5.41) is 7.46. The van der Waals surface area contributed by atoms with Gasteiger partial charge in [0.1, 0.15) is 0 Å². The molecule has 0 fully saturated rings. The number of nitrogens with zero attached hydrogens (tertiary/aromatic N) is 3. The largest absolute Gasteiger partial charge is 0.493 e. The predicted octanol–water partition coefficient (Wildman–Crippen LogP) is 3.06. The van der Waals surface area contributed by atoms with Crippen molar-refractivity contribution >= 4 is 5.91 Å². The number of methoxy groups -OCH3 is 1. The third-order valence-corrected chi connectivity index (χ3v) is 5.48. The molecule has 2 heterocycles. The third-order valence-electron chi connectivity index (χ3n) is 5.48. The van der Waals surface area contributed by atoms with Crippen LogP contribution in [0.1, 0.15) is 28.5 Å². The molecule has 0 bridgehead atoms. The monoisotopic (exact) mass is 390 g/mol. The molecule has 0 saturated heterocycles. The fourth-order valence-electron chi connectivity index (χ4n) is 3.72. The molecule has 29 heavy (non-hydrogen) atoms. The predicted molar refractivity (Wildman–Crippen MR) is 112 cm³/mol. The van der Waals surface area contributed by atoms with Gasteiger partial charge in [0.2, 0.25) is 0 Å². The maximum absolute atomic E-state index is 12.8. The second-order valence-electron chi connectivity index (χ2n) is 7.37. The van der Waals surface area contributed by atoms with Crippen LogP contribution >= 0.6 is 0 Å². The summed E-state index contributed by atoms with van der Waals surface area (Å²) in [6.45, 7) is 4.62. The van der Waals surface area contributed by atoms with Gasteiger partial charge in [0.25, 0.3) is 5.91 Å². The normalized spacial score (nSPS) is 14.8. The van der Waals surface area contributed by atoms with Gasteiger partial charge in [-0.2, -0.15) is 5.10 Å². The van der Waals surface area contributed by atoms with Gasteiger partial charge >= 0.3 is 0 Å². The molecule has 6 nitrogen and oxygen atoms in total. The van der Waals surface area contributed by atoms with Crippen molar-refractivity contribution < 1.29 is 9.53 Å². The molecule has 3 aromatic rings. The van der Waals surface area contributed by atoms with Crippen LogP contribution < -0.4 is 10.1 Å². The van der Waals surface area contributed by atoms with Crippen LogP contribution in [0.2, 0.25) is 0 Å². The minimum atomic E-state index is -0.221. The van der Waals surface area contributed by atoms with Gasteiger partial charge in [-0.1, -0.05) is 42.5 Å². The number of amides is 1. The summed E-state index contributed by atoms with van der Waals surface area (Å²) in [5.74, 6) is 0.242. The second kappa shape index (κ2) is 8.49. The smallest absolute Gasteiger partial charge is 0.275 e. The van der Waals surface area contributed by atoms with Gasteiger partial charge in [-0.05, 0) is 36.6 Å². The summed E-state index contributed by atoms with van der Waals surface area (Å²) in [6.07, 6.45) is 2.78. The fourth-order valence-corrected chi connectivity index (χ4v) is 3.72. The molecule has 1 N–H and O–H groups in total. The van der Waals surface area contributed by atoms with Gasteiger partial charge in [0.05, 0.1) is 19.0 Å². The maximum Gasteiger partial charge on any atom is 0.275 e. The highest BCUT2D eigenvalue weighted by atomic mass is 16.5. The van der Waals surface area contributed by atoms with Crippen molar-refractivity contribution in [3.05, 3.63) is 77.6 Å². The Morgan fingerprint density at radius 1 is 1.14 bits per heavy atom. The molecule has 0 saturated carbocycles. The highest BCUT2D eigenvalue weighted by Crippen LogP contribution is 2.21. The van der Waals surface area contributed by atoms with E-state index in [9.17, 15) is 4.79 Å². The van der Waals surface area contributed by atoms with Gasteiger partial charge in [0, 0.05) is 25.7 Å². The number of carbonyl (C=O) groups excluding carboxylic acids is 1. The second-order valence-corrected chi connectivity index (χ2v) is 7.37. The Morgan fingerprint density at radius 2 is 1.86 bits per heavy atom. The lowest BCUT2D eigenvalue weighted by Crippen LogP contribution is -2.44. The van der Waals surface area contributed by atoms with E-state index >= 15 is 0 Å². The summed E-state index contributed by atoms with van der Waals surface area (Å²) in [6, 6.07) is 18.5. The van der Waals surface area contributed by atoms with Gasteiger partial charge in [-0.25, -0.2) is 4.68 Å². The number of fused-ring (bicyclic) bond motifs is 1. The molecule has 0 radical (unpaired) electrons. The SMILES string of the molecule is COc1cn(-c2ccccc2)nc1C(=O)NCC(C)N1CCc2ccccc2C1. The number of para-hydroxylation sites is 1. The zero-order valence-electron chi connectivity index (χ0n) is 16.8. The standard InChI is InChI=1S/C23H26N4O2/c1-17(26-13-12-18-8-6-7-9-19(18)15-26)14-24-23(28)22-21(29-2)16-27(25-22)20-10-4-3-5-11-20/h3-11,16-17H,12-15H2,1-2H3,(H,24,28). The zero-order chi connectivity index (χ0) is 20.2. The first-order valence-corrected chi connectivity index (χ1v) is 9.94. The van der Waals surface area contributed by atoms with Crippen molar-refractivity contribution in [1.82, 2.24) is 20.0 Å². The van der Waals surface area contributed by atoms with Crippen LogP contribution in [0.15, 0.2) is 60.8 Å². The first kappa shape index (κ1) is 19.2. The highest BCUT2D eigenvalue weighted by molar-refractivity contribution is 5.95. The zero-order valence-corrected chi connectivity index (χ0v) is 16.8. The van der Waals surface area contributed by atoms with E-state index in [-0.39, 0.29) is 11.9 Å². The van der Waals surface area contributed by atoms with E-state index in [1.54, 1.807) is 18.0 Å². The molecule has 4 rings (SSSR count). The summed E-state index contributed by atoms with van der Waals surface area (Å²) in [5.41, 5.74) is 3.98. The lowest BCUT2D eigenvalue weighted by atomic mass is 9.99. The number of ether oxygens (including phenoxy) is 1. The summed E-state index contributed by atoms with van der Waals surface area (Å²) >= 11 is 0. The van der Waals surface area contributed by atoms with E-state index in [0.717, 1.165) is 25.2 Å². The number of rotatable bonds is 6. The molecule has 1 atom stereocenters. The molecular weight excluding hydrogens is 364 g/mol. The van der Waals surface area contributed by atoms with Gasteiger partial charge in [-0.3, -0.25) is 9.69 Å². The summed E-state index contributed by atoms with van der Waals surface area (Å²) in [4.78, 5) is 15.2.